The molecule has 6 heteroatoms. The van der Waals surface area contributed by atoms with Crippen molar-refractivity contribution < 1.29 is 9.53 Å². The van der Waals surface area contributed by atoms with E-state index >= 15 is 0 Å². The van der Waals surface area contributed by atoms with Gasteiger partial charge in [-0.3, -0.25) is 4.79 Å². The first-order valence-electron chi connectivity index (χ1n) is 9.65. The fraction of sp³-hybridized carbons (Fsp3) is 0.409. The second-order valence-electron chi connectivity index (χ2n) is 7.37. The lowest BCUT2D eigenvalue weighted by Crippen LogP contribution is -2.44. The molecule has 0 spiro atoms. The number of piperazine rings is 1. The van der Waals surface area contributed by atoms with Crippen molar-refractivity contribution in [3.63, 3.8) is 0 Å². The lowest BCUT2D eigenvalue weighted by atomic mass is 10.1. The molecule has 1 heterocycles. The summed E-state index contributed by atoms with van der Waals surface area (Å²) in [6, 6.07) is 11.7. The van der Waals surface area contributed by atoms with E-state index in [9.17, 15) is 4.79 Å². The molecule has 0 unspecified atom stereocenters. The van der Waals surface area contributed by atoms with Gasteiger partial charge >= 0.3 is 0 Å². The minimum atomic E-state index is -0.0811. The second-order valence-corrected chi connectivity index (χ2v) is 7.80. The van der Waals surface area contributed by atoms with Crippen LogP contribution in [0.15, 0.2) is 36.4 Å². The lowest BCUT2D eigenvalue weighted by Gasteiger charge is -2.35. The predicted octanol–water partition coefficient (Wildman–Crippen LogP) is 4.12. The Hall–Kier alpha value is -2.24. The van der Waals surface area contributed by atoms with Crippen LogP contribution in [0.25, 0.3) is 0 Å². The molecular formula is C22H28ClN3O2. The van der Waals surface area contributed by atoms with Gasteiger partial charge in [-0.2, -0.15) is 0 Å². The number of nitrogens with zero attached hydrogens (tertiary/aromatic N) is 2. The minimum absolute atomic E-state index is 0.0811. The first kappa shape index (κ1) is 20.5. The summed E-state index contributed by atoms with van der Waals surface area (Å²) in [6.07, 6.45) is 0.280. The third-order valence-corrected chi connectivity index (χ3v) is 5.23. The zero-order valence-corrected chi connectivity index (χ0v) is 17.6. The van der Waals surface area contributed by atoms with Crippen molar-refractivity contribution in [1.82, 2.24) is 4.90 Å². The molecule has 0 bridgehead atoms. The number of halogens is 1. The molecular weight excluding hydrogens is 374 g/mol. The molecule has 1 N–H and O–H groups in total. The summed E-state index contributed by atoms with van der Waals surface area (Å²) in [4.78, 5) is 17.1. The maximum atomic E-state index is 12.5. The maximum absolute atomic E-state index is 12.5. The molecule has 0 atom stereocenters. The lowest BCUT2D eigenvalue weighted by molar-refractivity contribution is -0.116. The molecule has 2 aromatic rings. The van der Waals surface area contributed by atoms with Gasteiger partial charge < -0.3 is 19.9 Å². The van der Waals surface area contributed by atoms with E-state index in [4.69, 9.17) is 16.3 Å². The number of carbonyl (C=O) groups is 1. The molecule has 1 amide bonds. The van der Waals surface area contributed by atoms with Crippen molar-refractivity contribution in [3.05, 3.63) is 52.5 Å². The number of hydrogen-bond donors (Lipinski definition) is 1. The smallest absolute Gasteiger partial charge is 0.227 e. The van der Waals surface area contributed by atoms with Gasteiger partial charge in [0.05, 0.1) is 24.4 Å². The van der Waals surface area contributed by atoms with Gasteiger partial charge in [0, 0.05) is 31.2 Å². The first-order valence-corrected chi connectivity index (χ1v) is 10.0. The number of likely N-dealkylation sites (N-methyl/N-ethyl adjacent to an activating group) is 1. The highest BCUT2D eigenvalue weighted by Gasteiger charge is 2.18. The third-order valence-electron chi connectivity index (χ3n) is 4.99. The second kappa shape index (κ2) is 9.30. The van der Waals surface area contributed by atoms with E-state index < -0.39 is 0 Å². The van der Waals surface area contributed by atoms with Crippen molar-refractivity contribution >= 4 is 28.9 Å². The van der Waals surface area contributed by atoms with Crippen LogP contribution in [0.2, 0.25) is 5.02 Å². The largest absolute Gasteiger partial charge is 0.493 e. The Labute approximate surface area is 172 Å². The van der Waals surface area contributed by atoms with Crippen LogP contribution in [0.1, 0.15) is 17.5 Å². The summed E-state index contributed by atoms with van der Waals surface area (Å²) in [7, 11) is 2.12. The Morgan fingerprint density at radius 1 is 1.11 bits per heavy atom. The molecule has 1 aliphatic rings. The number of aryl methyl sites for hydroxylation is 2. The molecule has 1 aliphatic heterocycles. The van der Waals surface area contributed by atoms with Gasteiger partial charge in [0.15, 0.2) is 0 Å². The zero-order chi connectivity index (χ0) is 20.1. The quantitative estimate of drug-likeness (QED) is 0.790. The highest BCUT2D eigenvalue weighted by atomic mass is 35.5. The SMILES string of the molecule is Cc1ccc(OCCC(=O)Nc2cc(Cl)ccc2N2CCN(C)CC2)c(C)c1. The summed E-state index contributed by atoms with van der Waals surface area (Å²) in [5.41, 5.74) is 4.04. The van der Waals surface area contributed by atoms with E-state index in [2.05, 4.69) is 28.2 Å². The molecule has 5 nitrogen and oxygen atoms in total. The number of carbonyl (C=O) groups excluding carboxylic acids is 1. The van der Waals surface area contributed by atoms with Crippen molar-refractivity contribution in [2.75, 3.05) is 50.1 Å². The van der Waals surface area contributed by atoms with E-state index in [0.29, 0.717) is 11.6 Å². The number of amides is 1. The summed E-state index contributed by atoms with van der Waals surface area (Å²) in [6.45, 7) is 8.25. The van der Waals surface area contributed by atoms with E-state index in [0.717, 1.165) is 48.9 Å². The molecule has 150 valence electrons. The number of benzene rings is 2. The Morgan fingerprint density at radius 3 is 2.57 bits per heavy atom. The number of nitrogens with one attached hydrogen (secondary N) is 1. The summed E-state index contributed by atoms with van der Waals surface area (Å²) in [5, 5.41) is 3.62. The Balaban J connectivity index is 1.59. The molecule has 0 saturated carbocycles. The Bertz CT molecular complexity index is 833. The van der Waals surface area contributed by atoms with Crippen LogP contribution in [0.3, 0.4) is 0 Å². The summed E-state index contributed by atoms with van der Waals surface area (Å²) >= 11 is 6.17. The van der Waals surface area contributed by atoms with Crippen LogP contribution in [-0.4, -0.2) is 50.6 Å². The topological polar surface area (TPSA) is 44.8 Å². The van der Waals surface area contributed by atoms with E-state index in [1.165, 1.54) is 5.56 Å². The van der Waals surface area contributed by atoms with Crippen LogP contribution in [0.4, 0.5) is 11.4 Å². The standard InChI is InChI=1S/C22H28ClN3O2/c1-16-4-7-21(17(2)14-16)28-13-8-22(27)24-19-15-18(23)5-6-20(19)26-11-9-25(3)10-12-26/h4-7,14-15H,8-13H2,1-3H3,(H,24,27). The molecule has 28 heavy (non-hydrogen) atoms. The van der Waals surface area contributed by atoms with E-state index in [1.54, 1.807) is 0 Å². The van der Waals surface area contributed by atoms with Gasteiger partial charge in [0.25, 0.3) is 0 Å². The molecule has 2 aromatic carbocycles. The average Bonchev–Trinajstić information content (AvgIpc) is 2.65. The van der Waals surface area contributed by atoms with Gasteiger partial charge in [-0.25, -0.2) is 0 Å². The minimum Gasteiger partial charge on any atom is -0.493 e. The summed E-state index contributed by atoms with van der Waals surface area (Å²) in [5.74, 6) is 0.738. The van der Waals surface area contributed by atoms with Crippen molar-refractivity contribution in [1.29, 1.82) is 0 Å². The molecule has 0 aromatic heterocycles. The van der Waals surface area contributed by atoms with Crippen molar-refractivity contribution in [2.45, 2.75) is 20.3 Å². The average molecular weight is 402 g/mol. The van der Waals surface area contributed by atoms with Crippen LogP contribution in [0, 0.1) is 13.8 Å². The number of ether oxygens (including phenoxy) is 1. The molecule has 0 aliphatic carbocycles. The molecule has 3 rings (SSSR count). The monoisotopic (exact) mass is 401 g/mol. The van der Waals surface area contributed by atoms with Crippen molar-refractivity contribution in [3.8, 4) is 5.75 Å². The molecule has 0 radical (unpaired) electrons. The molecule has 1 saturated heterocycles. The predicted molar refractivity (Wildman–Crippen MR) is 116 cm³/mol. The Morgan fingerprint density at radius 2 is 1.86 bits per heavy atom. The van der Waals surface area contributed by atoms with Gasteiger partial charge in [0.2, 0.25) is 5.91 Å². The van der Waals surface area contributed by atoms with Gasteiger partial charge in [-0.15, -0.1) is 0 Å². The fourth-order valence-corrected chi connectivity index (χ4v) is 3.53. The highest BCUT2D eigenvalue weighted by molar-refractivity contribution is 6.31. The fourth-order valence-electron chi connectivity index (χ4n) is 3.36. The van der Waals surface area contributed by atoms with Gasteiger partial charge in [0.1, 0.15) is 5.75 Å². The van der Waals surface area contributed by atoms with Gasteiger partial charge in [-0.1, -0.05) is 29.3 Å². The highest BCUT2D eigenvalue weighted by Crippen LogP contribution is 2.30. The van der Waals surface area contributed by atoms with Crippen LogP contribution < -0.4 is 15.0 Å². The maximum Gasteiger partial charge on any atom is 0.227 e. The van der Waals surface area contributed by atoms with Crippen LogP contribution >= 0.6 is 11.6 Å². The third kappa shape index (κ3) is 5.40. The molecule has 1 fully saturated rings. The zero-order valence-electron chi connectivity index (χ0n) is 16.8. The summed E-state index contributed by atoms with van der Waals surface area (Å²) < 4.78 is 5.78. The number of hydrogen-bond acceptors (Lipinski definition) is 4. The normalized spacial score (nSPS) is 14.8. The van der Waals surface area contributed by atoms with E-state index in [-0.39, 0.29) is 12.3 Å². The number of rotatable bonds is 6. The van der Waals surface area contributed by atoms with Crippen molar-refractivity contribution in [2.24, 2.45) is 0 Å². The van der Waals surface area contributed by atoms with Gasteiger partial charge in [-0.05, 0) is 50.7 Å². The Kier molecular flexibility index (Phi) is 6.81. The number of anilines is 2. The first-order chi connectivity index (χ1) is 13.4. The van der Waals surface area contributed by atoms with Crippen LogP contribution in [0.5, 0.6) is 5.75 Å². The van der Waals surface area contributed by atoms with E-state index in [1.807, 2.05) is 44.2 Å². The van der Waals surface area contributed by atoms with Crippen LogP contribution in [-0.2, 0) is 4.79 Å².